The molecule has 0 saturated heterocycles. The van der Waals surface area contributed by atoms with Crippen molar-refractivity contribution in [2.45, 2.75) is 19.3 Å². The van der Waals surface area contributed by atoms with Crippen LogP contribution >= 0.6 is 0 Å². The summed E-state index contributed by atoms with van der Waals surface area (Å²) in [5, 5.41) is 2.76. The summed E-state index contributed by atoms with van der Waals surface area (Å²) in [4.78, 5) is 0. The zero-order valence-electron chi connectivity index (χ0n) is 17.2. The summed E-state index contributed by atoms with van der Waals surface area (Å²) in [6, 6.07) is 32.1. The average Bonchev–Trinajstić information content (AvgIpc) is 3.48. The number of fused-ring (bicyclic) bond motifs is 12. The molecule has 8 rings (SSSR count). The third kappa shape index (κ3) is 2.00. The molecular weight excluding hydrogens is 372 g/mol. The smallest absolute Gasteiger partial charge is 0.000421 e. The molecule has 5 aromatic carbocycles. The second kappa shape index (κ2) is 5.53. The lowest BCUT2D eigenvalue weighted by Gasteiger charge is -2.08. The van der Waals surface area contributed by atoms with Crippen molar-refractivity contribution in [1.29, 1.82) is 0 Å². The van der Waals surface area contributed by atoms with Gasteiger partial charge in [0.2, 0.25) is 0 Å². The van der Waals surface area contributed by atoms with Crippen LogP contribution in [0.2, 0.25) is 0 Å². The van der Waals surface area contributed by atoms with Gasteiger partial charge in [0.15, 0.2) is 0 Å². The third-order valence-corrected chi connectivity index (χ3v) is 7.79. The fraction of sp³-hybridized carbons (Fsp3) is 0.0968. The van der Waals surface area contributed by atoms with Crippen LogP contribution in [0.1, 0.15) is 33.4 Å². The zero-order chi connectivity index (χ0) is 20.1. The van der Waals surface area contributed by atoms with Gasteiger partial charge in [-0.2, -0.15) is 0 Å². The van der Waals surface area contributed by atoms with Crippen molar-refractivity contribution in [1.82, 2.24) is 0 Å². The van der Waals surface area contributed by atoms with Crippen LogP contribution in [0.4, 0.5) is 0 Å². The lowest BCUT2D eigenvalue weighted by molar-refractivity contribution is 1.17. The van der Waals surface area contributed by atoms with Gasteiger partial charge in [-0.15, -0.1) is 0 Å². The lowest BCUT2D eigenvalue weighted by atomic mass is 9.96. The van der Waals surface area contributed by atoms with Gasteiger partial charge in [0, 0.05) is 0 Å². The maximum atomic E-state index is 2.49. The Morgan fingerprint density at radius 1 is 0.387 bits per heavy atom. The topological polar surface area (TPSA) is 0 Å². The predicted octanol–water partition coefficient (Wildman–Crippen LogP) is 7.55. The van der Waals surface area contributed by atoms with Gasteiger partial charge in [-0.1, -0.05) is 72.8 Å². The van der Waals surface area contributed by atoms with Crippen molar-refractivity contribution in [2.24, 2.45) is 0 Å². The van der Waals surface area contributed by atoms with Gasteiger partial charge in [0.25, 0.3) is 0 Å². The van der Waals surface area contributed by atoms with E-state index < -0.39 is 0 Å². The number of benzene rings is 5. The molecule has 144 valence electrons. The zero-order valence-corrected chi connectivity index (χ0v) is 17.2. The van der Waals surface area contributed by atoms with Gasteiger partial charge < -0.3 is 0 Å². The van der Waals surface area contributed by atoms with Crippen LogP contribution in [0, 0.1) is 0 Å². The van der Waals surface area contributed by atoms with Gasteiger partial charge >= 0.3 is 0 Å². The van der Waals surface area contributed by atoms with Crippen LogP contribution in [0.15, 0.2) is 84.9 Å². The van der Waals surface area contributed by atoms with Crippen molar-refractivity contribution in [2.75, 3.05) is 0 Å². The molecule has 0 heteroatoms. The van der Waals surface area contributed by atoms with E-state index in [2.05, 4.69) is 84.9 Å². The number of hydrogen-bond donors (Lipinski definition) is 0. The highest BCUT2D eigenvalue weighted by atomic mass is 14.3. The Morgan fingerprint density at radius 2 is 1.03 bits per heavy atom. The molecule has 0 amide bonds. The molecule has 0 unspecified atom stereocenters. The van der Waals surface area contributed by atoms with E-state index in [1.54, 1.807) is 11.1 Å². The van der Waals surface area contributed by atoms with Gasteiger partial charge in [0.1, 0.15) is 0 Å². The van der Waals surface area contributed by atoms with Crippen molar-refractivity contribution in [3.63, 3.8) is 0 Å². The van der Waals surface area contributed by atoms with Crippen LogP contribution in [-0.4, -0.2) is 0 Å². The fourth-order valence-corrected chi connectivity index (χ4v) is 6.37. The predicted molar refractivity (Wildman–Crippen MR) is 129 cm³/mol. The van der Waals surface area contributed by atoms with Crippen molar-refractivity contribution in [3.8, 4) is 33.4 Å². The molecule has 0 nitrogen and oxygen atoms in total. The quantitative estimate of drug-likeness (QED) is 0.250. The lowest BCUT2D eigenvalue weighted by Crippen LogP contribution is -1.91. The van der Waals surface area contributed by atoms with E-state index in [1.165, 1.54) is 66.4 Å². The molecule has 0 heterocycles. The molecule has 0 spiro atoms. The molecule has 0 aromatic heterocycles. The Kier molecular flexibility index (Phi) is 2.87. The van der Waals surface area contributed by atoms with E-state index in [-0.39, 0.29) is 0 Å². The van der Waals surface area contributed by atoms with E-state index in [1.807, 2.05) is 0 Å². The second-order valence-corrected chi connectivity index (χ2v) is 9.28. The molecule has 0 N–H and O–H groups in total. The fourth-order valence-electron chi connectivity index (χ4n) is 6.37. The Morgan fingerprint density at radius 3 is 1.97 bits per heavy atom. The highest BCUT2D eigenvalue weighted by molar-refractivity contribution is 5.97. The SMILES string of the molecule is c1ccc2c(c1)Cc1cc3c(cc1-2)Cc1c-3ccc2c1Cc1c-2ccc2ccccc12. The van der Waals surface area contributed by atoms with E-state index in [0.717, 1.165) is 19.3 Å². The molecule has 0 radical (unpaired) electrons. The molecule has 3 aliphatic rings. The first-order chi connectivity index (χ1) is 15.3. The van der Waals surface area contributed by atoms with Crippen molar-refractivity contribution >= 4 is 10.8 Å². The average molecular weight is 393 g/mol. The van der Waals surface area contributed by atoms with Gasteiger partial charge in [-0.25, -0.2) is 0 Å². The molecular formula is C31H20. The molecule has 31 heavy (non-hydrogen) atoms. The maximum absolute atomic E-state index is 2.49. The summed E-state index contributed by atoms with van der Waals surface area (Å²) >= 11 is 0. The van der Waals surface area contributed by atoms with E-state index in [4.69, 9.17) is 0 Å². The van der Waals surface area contributed by atoms with Gasteiger partial charge in [-0.3, -0.25) is 0 Å². The monoisotopic (exact) mass is 392 g/mol. The van der Waals surface area contributed by atoms with Crippen molar-refractivity contribution in [3.05, 3.63) is 118 Å². The number of hydrogen-bond acceptors (Lipinski definition) is 0. The Balaban J connectivity index is 1.30. The molecule has 0 aliphatic heterocycles. The second-order valence-electron chi connectivity index (χ2n) is 9.28. The van der Waals surface area contributed by atoms with E-state index in [9.17, 15) is 0 Å². The summed E-state index contributed by atoms with van der Waals surface area (Å²) in [7, 11) is 0. The van der Waals surface area contributed by atoms with E-state index in [0.29, 0.717) is 0 Å². The van der Waals surface area contributed by atoms with Crippen LogP contribution in [0.25, 0.3) is 44.2 Å². The molecule has 0 atom stereocenters. The van der Waals surface area contributed by atoms with Gasteiger partial charge in [0.05, 0.1) is 0 Å². The summed E-state index contributed by atoms with van der Waals surface area (Å²) in [5.74, 6) is 0. The summed E-state index contributed by atoms with van der Waals surface area (Å²) in [6.07, 6.45) is 3.19. The summed E-state index contributed by atoms with van der Waals surface area (Å²) < 4.78 is 0. The minimum Gasteiger partial charge on any atom is -0.0619 e. The van der Waals surface area contributed by atoms with Crippen LogP contribution in [0.5, 0.6) is 0 Å². The van der Waals surface area contributed by atoms with Gasteiger partial charge in [-0.05, 0) is 109 Å². The third-order valence-electron chi connectivity index (χ3n) is 7.79. The molecule has 3 aliphatic carbocycles. The highest BCUT2D eigenvalue weighted by Gasteiger charge is 2.30. The van der Waals surface area contributed by atoms with Crippen LogP contribution in [0.3, 0.4) is 0 Å². The normalized spacial score (nSPS) is 14.1. The largest absolute Gasteiger partial charge is 0.0619 e. The Labute approximate surface area is 181 Å². The first-order valence-corrected chi connectivity index (χ1v) is 11.3. The Hall–Kier alpha value is -3.64. The maximum Gasteiger partial charge on any atom is -0.000421 e. The minimum atomic E-state index is 1.06. The van der Waals surface area contributed by atoms with Crippen LogP contribution < -0.4 is 0 Å². The van der Waals surface area contributed by atoms with E-state index >= 15 is 0 Å². The minimum absolute atomic E-state index is 1.06. The standard InChI is InChI=1S/C31H20/c1-3-7-22-18(5-1)9-10-24-25-11-12-26-28-14-20-13-19-6-2-4-8-23(19)27(20)15-21(28)16-29(26)31(25)17-30(22)24/h1-12,14-15H,13,16-17H2. The highest BCUT2D eigenvalue weighted by Crippen LogP contribution is 2.50. The number of rotatable bonds is 0. The molecule has 0 bridgehead atoms. The molecule has 0 fully saturated rings. The summed E-state index contributed by atoms with van der Waals surface area (Å²) in [6.45, 7) is 0. The van der Waals surface area contributed by atoms with Crippen LogP contribution in [-0.2, 0) is 19.3 Å². The first-order valence-electron chi connectivity index (χ1n) is 11.3. The molecule has 5 aromatic rings. The first kappa shape index (κ1) is 16.1. The Bertz CT molecular complexity index is 1600. The summed E-state index contributed by atoms with van der Waals surface area (Å²) in [5.41, 5.74) is 17.8. The van der Waals surface area contributed by atoms with Crippen molar-refractivity contribution < 1.29 is 0 Å². The molecule has 0 saturated carbocycles.